The molecule has 2 aromatic heterocycles. The van der Waals surface area contributed by atoms with Crippen LogP contribution in [0.2, 0.25) is 0 Å². The Kier molecular flexibility index (Phi) is 12.5. The van der Waals surface area contributed by atoms with E-state index in [1.807, 2.05) is 18.9 Å². The molecule has 8 rings (SSSR count). The van der Waals surface area contributed by atoms with Crippen molar-refractivity contribution in [1.82, 2.24) is 9.13 Å². The molecule has 2 aliphatic carbocycles. The first kappa shape index (κ1) is 41.7. The number of pyridine rings is 2. The van der Waals surface area contributed by atoms with Gasteiger partial charge in [-0.3, -0.25) is 9.59 Å². The Morgan fingerprint density at radius 1 is 0.638 bits per heavy atom. The number of anilines is 2. The van der Waals surface area contributed by atoms with Crippen LogP contribution < -0.4 is 40.7 Å². The molecule has 2 saturated carbocycles. The van der Waals surface area contributed by atoms with E-state index in [9.17, 15) is 38.2 Å². The van der Waals surface area contributed by atoms with E-state index >= 15 is 0 Å². The number of carbonyl (C=O) groups excluding carboxylic acids is 2. The predicted molar refractivity (Wildman–Crippen MR) is 204 cm³/mol. The van der Waals surface area contributed by atoms with Crippen molar-refractivity contribution in [3.8, 4) is 0 Å². The summed E-state index contributed by atoms with van der Waals surface area (Å²) >= 11 is 0. The standard InChI is InChI=1S/2C19H22FN3O3.C2H2O4/c2*1-2-21-5-7-22(8-6-21)17-10-16-13(9-15(17)20)18(24)14(19(25)26)11-23(16)12-3-4-12;3-1(4)2(5)6/h2*9-12H,2-8H2,1H3,(H,25,26);(H,3,4)(H,5,6). The summed E-state index contributed by atoms with van der Waals surface area (Å²) in [4.78, 5) is 72.7. The molecule has 310 valence electrons. The van der Waals surface area contributed by atoms with Crippen molar-refractivity contribution in [2.45, 2.75) is 51.6 Å². The van der Waals surface area contributed by atoms with Crippen LogP contribution in [0.4, 0.5) is 20.2 Å². The number of carbonyl (C=O) groups is 4. The Balaban J connectivity index is 0.000000172. The normalized spacial score (nSPS) is 17.3. The fourth-order valence-corrected chi connectivity index (χ4v) is 7.65. The number of halogens is 2. The number of hydrogen-bond acceptors (Lipinski definition) is 10. The number of hydrogen-bond donors (Lipinski definition) is 4. The third-order valence-electron chi connectivity index (χ3n) is 11.3. The Morgan fingerprint density at radius 2 is 0.966 bits per heavy atom. The van der Waals surface area contributed by atoms with Gasteiger partial charge in [-0.05, 0) is 63.8 Å². The maximum absolute atomic E-state index is 14.8. The number of carboxylic acids is 4. The molecule has 2 aromatic carbocycles. The molecule has 0 atom stereocenters. The average molecular weight is 809 g/mol. The van der Waals surface area contributed by atoms with Gasteiger partial charge in [0, 0.05) is 35.2 Å². The summed E-state index contributed by atoms with van der Waals surface area (Å²) in [7, 11) is 0. The Labute approximate surface area is 330 Å². The highest BCUT2D eigenvalue weighted by Crippen LogP contribution is 2.39. The lowest BCUT2D eigenvalue weighted by atomic mass is 10.1. The number of aromatic carboxylic acids is 2. The molecule has 2 aliphatic heterocycles. The highest BCUT2D eigenvalue weighted by Gasteiger charge is 2.30. The number of aromatic nitrogens is 2. The third-order valence-corrected chi connectivity index (χ3v) is 11.3. The fourth-order valence-electron chi connectivity index (χ4n) is 7.65. The number of benzene rings is 2. The number of quaternary nitrogens is 2. The maximum atomic E-state index is 14.8. The molecule has 4 N–H and O–H groups in total. The van der Waals surface area contributed by atoms with Crippen LogP contribution >= 0.6 is 0 Å². The van der Waals surface area contributed by atoms with Crippen molar-refractivity contribution in [2.75, 3.05) is 75.2 Å². The van der Waals surface area contributed by atoms with Gasteiger partial charge in [-0.1, -0.05) is 0 Å². The Hall–Kier alpha value is -5.88. The van der Waals surface area contributed by atoms with Crippen molar-refractivity contribution < 1.29 is 58.2 Å². The topological polar surface area (TPSA) is 214 Å². The lowest BCUT2D eigenvalue weighted by Crippen LogP contribution is -3.14. The molecule has 4 aliphatic rings. The van der Waals surface area contributed by atoms with Crippen molar-refractivity contribution in [1.29, 1.82) is 0 Å². The molecule has 4 fully saturated rings. The van der Waals surface area contributed by atoms with Crippen molar-refractivity contribution in [3.05, 3.63) is 79.9 Å². The van der Waals surface area contributed by atoms with Crippen LogP contribution in [0, 0.1) is 11.6 Å². The fraction of sp³-hybridized carbons (Fsp3) is 0.450. The summed E-state index contributed by atoms with van der Waals surface area (Å²) in [5, 5.41) is 36.8. The first-order valence-corrected chi connectivity index (χ1v) is 19.5. The SMILES string of the molecule is CC[NH+]1CCN(c2cc3c(cc2F)c(=O)c(C(=O)O)cn3C2CC2)CC1.CC[NH+]1CCN(c2cc3c(cc2F)c(=O)c(C(=O)O)cn3C2CC2)CC1.O=C([O-])C(=O)[O-]. The van der Waals surface area contributed by atoms with E-state index in [1.54, 1.807) is 12.1 Å². The number of rotatable bonds is 8. The van der Waals surface area contributed by atoms with Crippen molar-refractivity contribution in [2.24, 2.45) is 0 Å². The lowest BCUT2D eigenvalue weighted by Gasteiger charge is -2.33. The number of piperazine rings is 2. The number of fused-ring (bicyclic) bond motifs is 2. The second-order valence-corrected chi connectivity index (χ2v) is 15.0. The van der Waals surface area contributed by atoms with Crippen LogP contribution in [-0.2, 0) is 9.59 Å². The van der Waals surface area contributed by atoms with Gasteiger partial charge in [0.2, 0.25) is 10.9 Å². The molecule has 18 heteroatoms. The summed E-state index contributed by atoms with van der Waals surface area (Å²) < 4.78 is 33.3. The van der Waals surface area contributed by atoms with Gasteiger partial charge >= 0.3 is 11.9 Å². The van der Waals surface area contributed by atoms with Crippen LogP contribution in [0.3, 0.4) is 0 Å². The zero-order valence-corrected chi connectivity index (χ0v) is 32.2. The highest BCUT2D eigenvalue weighted by molar-refractivity contribution is 6.25. The predicted octanol–water partition coefficient (Wildman–Crippen LogP) is -1.72. The minimum atomic E-state index is -2.19. The van der Waals surface area contributed by atoms with Gasteiger partial charge in [-0.15, -0.1) is 0 Å². The molecule has 0 spiro atoms. The highest BCUT2D eigenvalue weighted by atomic mass is 19.1. The van der Waals surface area contributed by atoms with Crippen LogP contribution in [0.15, 0.2) is 46.2 Å². The molecule has 0 amide bonds. The zero-order chi connectivity index (χ0) is 42.0. The molecule has 0 radical (unpaired) electrons. The largest absolute Gasteiger partial charge is 0.543 e. The van der Waals surface area contributed by atoms with E-state index in [1.165, 1.54) is 34.3 Å². The first-order chi connectivity index (χ1) is 27.6. The molecular weight excluding hydrogens is 762 g/mol. The number of nitrogens with one attached hydrogen (secondary N) is 2. The van der Waals surface area contributed by atoms with Gasteiger partial charge in [0.05, 0.1) is 99.8 Å². The van der Waals surface area contributed by atoms with Crippen molar-refractivity contribution in [3.63, 3.8) is 0 Å². The number of aliphatic carboxylic acids is 2. The van der Waals surface area contributed by atoms with Gasteiger partial charge in [-0.2, -0.15) is 0 Å². The van der Waals surface area contributed by atoms with E-state index in [0.29, 0.717) is 22.4 Å². The van der Waals surface area contributed by atoms with Gasteiger partial charge in [0.25, 0.3) is 0 Å². The molecule has 4 heterocycles. The number of carboxylic acid groups (broad SMARTS) is 4. The second-order valence-electron chi connectivity index (χ2n) is 15.0. The van der Waals surface area contributed by atoms with Gasteiger partial charge in [0.1, 0.15) is 22.8 Å². The molecule has 2 saturated heterocycles. The summed E-state index contributed by atoms with van der Waals surface area (Å²) in [6.07, 6.45) is 6.63. The molecule has 4 aromatic rings. The monoisotopic (exact) mass is 808 g/mol. The van der Waals surface area contributed by atoms with E-state index in [-0.39, 0.29) is 34.0 Å². The van der Waals surface area contributed by atoms with E-state index in [4.69, 9.17) is 19.8 Å². The summed E-state index contributed by atoms with van der Waals surface area (Å²) in [6.45, 7) is 13.3. The smallest absolute Gasteiger partial charge is 0.341 e. The van der Waals surface area contributed by atoms with E-state index in [0.717, 1.165) is 91.1 Å². The number of nitrogens with zero attached hydrogens (tertiary/aromatic N) is 4. The summed E-state index contributed by atoms with van der Waals surface area (Å²) in [5.74, 6) is -7.83. The molecule has 0 unspecified atom stereocenters. The average Bonchev–Trinajstić information content (AvgIpc) is 4.14. The first-order valence-electron chi connectivity index (χ1n) is 19.5. The summed E-state index contributed by atoms with van der Waals surface area (Å²) in [6, 6.07) is 6.28. The molecule has 58 heavy (non-hydrogen) atoms. The Morgan fingerprint density at radius 3 is 1.22 bits per heavy atom. The van der Waals surface area contributed by atoms with E-state index < -0.39 is 46.4 Å². The number of likely N-dealkylation sites (N-methyl/N-ethyl adjacent to an activating group) is 2. The van der Waals surface area contributed by atoms with Crippen LogP contribution in [-0.4, -0.2) is 109 Å². The quantitative estimate of drug-likeness (QED) is 0.147. The molecule has 0 bridgehead atoms. The molecule has 16 nitrogen and oxygen atoms in total. The third kappa shape index (κ3) is 8.97. The maximum Gasteiger partial charge on any atom is 0.341 e. The second kappa shape index (κ2) is 17.3. The van der Waals surface area contributed by atoms with Crippen molar-refractivity contribution >= 4 is 57.1 Å². The minimum absolute atomic E-state index is 0.149. The zero-order valence-electron chi connectivity index (χ0n) is 32.2. The molecular formula is C40H46F2N6O10. The Bertz CT molecular complexity index is 2210. The van der Waals surface area contributed by atoms with Gasteiger partial charge in [0.15, 0.2) is 0 Å². The van der Waals surface area contributed by atoms with Gasteiger partial charge in [-0.25, -0.2) is 18.4 Å². The van der Waals surface area contributed by atoms with Crippen LogP contribution in [0.25, 0.3) is 21.8 Å². The van der Waals surface area contributed by atoms with Crippen LogP contribution in [0.5, 0.6) is 0 Å². The van der Waals surface area contributed by atoms with Crippen LogP contribution in [0.1, 0.15) is 72.3 Å². The lowest BCUT2D eigenvalue weighted by molar-refractivity contribution is -0.898. The minimum Gasteiger partial charge on any atom is -0.543 e. The van der Waals surface area contributed by atoms with E-state index in [2.05, 4.69) is 13.8 Å². The van der Waals surface area contributed by atoms with Gasteiger partial charge < -0.3 is 58.7 Å². The summed E-state index contributed by atoms with van der Waals surface area (Å²) in [5.41, 5.74) is 0.445.